The summed E-state index contributed by atoms with van der Waals surface area (Å²) >= 11 is 0. The summed E-state index contributed by atoms with van der Waals surface area (Å²) in [5.74, 6) is 0. The van der Waals surface area contributed by atoms with Gasteiger partial charge in [-0.1, -0.05) is 37.6 Å². The fourth-order valence-corrected chi connectivity index (χ4v) is 2.42. The number of fused-ring (bicyclic) bond motifs is 1. The normalized spacial score (nSPS) is 19.9. The van der Waals surface area contributed by atoms with Gasteiger partial charge in [0.25, 0.3) is 0 Å². The smallest absolute Gasteiger partial charge is 0.0323 e. The molecule has 0 amide bonds. The van der Waals surface area contributed by atoms with Crippen molar-refractivity contribution in [1.29, 1.82) is 0 Å². The second-order valence-corrected chi connectivity index (χ2v) is 4.45. The number of unbranched alkanes of at least 4 members (excludes halogenated alkanes) is 1. The molecule has 1 aliphatic rings. The number of aryl methyl sites for hydroxylation is 1. The zero-order valence-corrected chi connectivity index (χ0v) is 9.63. The molecule has 1 aromatic carbocycles. The molecule has 1 nitrogen and oxygen atoms in total. The van der Waals surface area contributed by atoms with E-state index in [1.165, 1.54) is 32.1 Å². The van der Waals surface area contributed by atoms with Gasteiger partial charge in [0, 0.05) is 6.04 Å². The first-order valence-electron chi connectivity index (χ1n) is 6.23. The van der Waals surface area contributed by atoms with Gasteiger partial charge >= 0.3 is 0 Å². The van der Waals surface area contributed by atoms with Crippen LogP contribution in [0.25, 0.3) is 0 Å². The Bertz CT molecular complexity index is 306. The minimum absolute atomic E-state index is 0.612. The minimum atomic E-state index is 0.612. The van der Waals surface area contributed by atoms with E-state index in [1.807, 2.05) is 0 Å². The van der Waals surface area contributed by atoms with Gasteiger partial charge in [0.05, 0.1) is 0 Å². The van der Waals surface area contributed by atoms with Crippen LogP contribution in [0, 0.1) is 0 Å². The second kappa shape index (κ2) is 5.32. The van der Waals surface area contributed by atoms with Gasteiger partial charge in [0.15, 0.2) is 0 Å². The Balaban J connectivity index is 2.02. The summed E-state index contributed by atoms with van der Waals surface area (Å²) in [6.07, 6.45) is 6.48. The van der Waals surface area contributed by atoms with Crippen LogP contribution in [0.1, 0.15) is 49.8 Å². The van der Waals surface area contributed by atoms with E-state index in [4.69, 9.17) is 0 Å². The summed E-state index contributed by atoms with van der Waals surface area (Å²) in [5, 5.41) is 3.68. The van der Waals surface area contributed by atoms with Crippen molar-refractivity contribution < 1.29 is 0 Å². The number of nitrogens with one attached hydrogen (secondary N) is 1. The van der Waals surface area contributed by atoms with Crippen LogP contribution in [0.3, 0.4) is 0 Å². The van der Waals surface area contributed by atoms with Gasteiger partial charge in [0.1, 0.15) is 0 Å². The first-order valence-corrected chi connectivity index (χ1v) is 6.23. The van der Waals surface area contributed by atoms with Crippen molar-refractivity contribution in [3.8, 4) is 0 Å². The third kappa shape index (κ3) is 2.60. The molecule has 0 spiro atoms. The van der Waals surface area contributed by atoms with Gasteiger partial charge in [0.2, 0.25) is 0 Å². The first-order chi connectivity index (χ1) is 7.42. The predicted molar refractivity (Wildman–Crippen MR) is 65.0 cm³/mol. The van der Waals surface area contributed by atoms with Crippen LogP contribution in [0.2, 0.25) is 0 Å². The summed E-state index contributed by atoms with van der Waals surface area (Å²) in [4.78, 5) is 0. The molecule has 0 bridgehead atoms. The van der Waals surface area contributed by atoms with Crippen molar-refractivity contribution >= 4 is 0 Å². The molecule has 1 aromatic rings. The van der Waals surface area contributed by atoms with Gasteiger partial charge in [-0.3, -0.25) is 0 Å². The fourth-order valence-electron chi connectivity index (χ4n) is 2.42. The highest BCUT2D eigenvalue weighted by molar-refractivity contribution is 5.32. The van der Waals surface area contributed by atoms with E-state index in [0.29, 0.717) is 6.04 Å². The van der Waals surface area contributed by atoms with Gasteiger partial charge in [-0.15, -0.1) is 0 Å². The molecule has 0 aromatic heterocycles. The summed E-state index contributed by atoms with van der Waals surface area (Å²) < 4.78 is 0. The molecule has 0 radical (unpaired) electrons. The van der Waals surface area contributed by atoms with Crippen LogP contribution in [-0.2, 0) is 6.42 Å². The average molecular weight is 203 g/mol. The second-order valence-electron chi connectivity index (χ2n) is 4.45. The van der Waals surface area contributed by atoms with Crippen LogP contribution in [0.4, 0.5) is 0 Å². The van der Waals surface area contributed by atoms with Gasteiger partial charge in [-0.25, -0.2) is 0 Å². The topological polar surface area (TPSA) is 12.0 Å². The highest BCUT2D eigenvalue weighted by Crippen LogP contribution is 2.29. The maximum atomic E-state index is 3.68. The van der Waals surface area contributed by atoms with E-state index in [2.05, 4.69) is 36.5 Å². The van der Waals surface area contributed by atoms with Crippen LogP contribution < -0.4 is 5.32 Å². The van der Waals surface area contributed by atoms with E-state index in [-0.39, 0.29) is 0 Å². The third-order valence-corrected chi connectivity index (χ3v) is 3.29. The molecule has 0 heterocycles. The summed E-state index contributed by atoms with van der Waals surface area (Å²) in [7, 11) is 0. The summed E-state index contributed by atoms with van der Waals surface area (Å²) in [6.45, 7) is 3.41. The molecular weight excluding hydrogens is 182 g/mol. The molecule has 0 unspecified atom stereocenters. The van der Waals surface area contributed by atoms with Crippen molar-refractivity contribution in [3.05, 3.63) is 35.4 Å². The minimum Gasteiger partial charge on any atom is -0.310 e. The molecule has 1 atom stereocenters. The molecule has 2 rings (SSSR count). The van der Waals surface area contributed by atoms with Crippen molar-refractivity contribution in [2.75, 3.05) is 6.54 Å². The SMILES string of the molecule is CCCCN[C@@H]1CCCc2ccccc21. The highest BCUT2D eigenvalue weighted by Gasteiger charge is 2.18. The summed E-state index contributed by atoms with van der Waals surface area (Å²) in [5.41, 5.74) is 3.10. The van der Waals surface area contributed by atoms with Crippen molar-refractivity contribution in [2.45, 2.75) is 45.1 Å². The summed E-state index contributed by atoms with van der Waals surface area (Å²) in [6, 6.07) is 9.51. The van der Waals surface area contributed by atoms with E-state index >= 15 is 0 Å². The van der Waals surface area contributed by atoms with Crippen LogP contribution in [-0.4, -0.2) is 6.54 Å². The zero-order chi connectivity index (χ0) is 10.5. The van der Waals surface area contributed by atoms with Gasteiger partial charge in [-0.2, -0.15) is 0 Å². The monoisotopic (exact) mass is 203 g/mol. The van der Waals surface area contributed by atoms with Crippen LogP contribution in [0.5, 0.6) is 0 Å². The maximum Gasteiger partial charge on any atom is 0.0323 e. The van der Waals surface area contributed by atoms with E-state index < -0.39 is 0 Å². The Morgan fingerprint density at radius 3 is 3.07 bits per heavy atom. The van der Waals surface area contributed by atoms with E-state index in [0.717, 1.165) is 6.54 Å². The first kappa shape index (κ1) is 10.7. The standard InChI is InChI=1S/C14H21N/c1-2-3-11-15-14-10-6-8-12-7-4-5-9-13(12)14/h4-5,7,9,14-15H,2-3,6,8,10-11H2,1H3/t14-/m1/s1. The van der Waals surface area contributed by atoms with Crippen LogP contribution >= 0.6 is 0 Å². The number of hydrogen-bond donors (Lipinski definition) is 1. The molecule has 1 aliphatic carbocycles. The predicted octanol–water partition coefficient (Wildman–Crippen LogP) is 3.45. The molecule has 1 N–H and O–H groups in total. The third-order valence-electron chi connectivity index (χ3n) is 3.29. The van der Waals surface area contributed by atoms with Crippen molar-refractivity contribution in [2.24, 2.45) is 0 Å². The molecule has 0 saturated heterocycles. The fraction of sp³-hybridized carbons (Fsp3) is 0.571. The average Bonchev–Trinajstić information content (AvgIpc) is 2.30. The lowest BCUT2D eigenvalue weighted by atomic mass is 9.88. The molecular formula is C14H21N. The Kier molecular flexibility index (Phi) is 3.79. The largest absolute Gasteiger partial charge is 0.310 e. The lowest BCUT2D eigenvalue weighted by Crippen LogP contribution is -2.25. The van der Waals surface area contributed by atoms with Crippen LogP contribution in [0.15, 0.2) is 24.3 Å². The number of benzene rings is 1. The molecule has 82 valence electrons. The molecule has 0 fully saturated rings. The van der Waals surface area contributed by atoms with E-state index in [1.54, 1.807) is 11.1 Å². The van der Waals surface area contributed by atoms with Crippen molar-refractivity contribution in [3.63, 3.8) is 0 Å². The van der Waals surface area contributed by atoms with Gasteiger partial charge in [-0.05, 0) is 43.4 Å². The van der Waals surface area contributed by atoms with Gasteiger partial charge < -0.3 is 5.32 Å². The molecule has 0 aliphatic heterocycles. The quantitative estimate of drug-likeness (QED) is 0.739. The number of hydrogen-bond acceptors (Lipinski definition) is 1. The molecule has 0 saturated carbocycles. The Morgan fingerprint density at radius 2 is 2.20 bits per heavy atom. The lowest BCUT2D eigenvalue weighted by molar-refractivity contribution is 0.454. The Morgan fingerprint density at radius 1 is 1.33 bits per heavy atom. The molecule has 1 heteroatoms. The highest BCUT2D eigenvalue weighted by atomic mass is 14.9. The lowest BCUT2D eigenvalue weighted by Gasteiger charge is -2.26. The zero-order valence-electron chi connectivity index (χ0n) is 9.63. The number of rotatable bonds is 4. The van der Waals surface area contributed by atoms with E-state index in [9.17, 15) is 0 Å². The molecule has 15 heavy (non-hydrogen) atoms. The van der Waals surface area contributed by atoms with Crippen molar-refractivity contribution in [1.82, 2.24) is 5.32 Å². The Hall–Kier alpha value is -0.820. The Labute approximate surface area is 92.9 Å². The maximum absolute atomic E-state index is 3.68.